The van der Waals surface area contributed by atoms with Crippen molar-refractivity contribution in [3.8, 4) is 0 Å². The molecule has 1 heterocycles. The van der Waals surface area contributed by atoms with Crippen LogP contribution in [0.25, 0.3) is 0 Å². The van der Waals surface area contributed by atoms with Crippen LogP contribution in [0.4, 0.5) is 5.69 Å². The molecular formula is C19H32N4O2. The molecule has 6 nitrogen and oxygen atoms in total. The summed E-state index contributed by atoms with van der Waals surface area (Å²) < 4.78 is 11.1. The number of benzene rings is 1. The van der Waals surface area contributed by atoms with E-state index in [0.29, 0.717) is 5.92 Å². The average molecular weight is 348 g/mol. The normalized spacial score (nSPS) is 17.6. The molecule has 0 radical (unpaired) electrons. The summed E-state index contributed by atoms with van der Waals surface area (Å²) in [7, 11) is 5.88. The van der Waals surface area contributed by atoms with E-state index in [0.717, 1.165) is 58.3 Å². The van der Waals surface area contributed by atoms with Gasteiger partial charge in [0.15, 0.2) is 5.96 Å². The molecule has 0 aromatic heterocycles. The highest BCUT2D eigenvalue weighted by molar-refractivity contribution is 5.79. The maximum Gasteiger partial charge on any atom is 0.191 e. The van der Waals surface area contributed by atoms with Crippen molar-refractivity contribution in [2.75, 3.05) is 59.0 Å². The second kappa shape index (κ2) is 10.9. The van der Waals surface area contributed by atoms with Crippen LogP contribution in [0, 0.1) is 5.92 Å². The molecule has 1 aliphatic heterocycles. The van der Waals surface area contributed by atoms with E-state index in [4.69, 9.17) is 9.47 Å². The SMILES string of the molecule is CN=C(NCCCOCC1CCOC1)NCc1ccc(N(C)C)cc1. The highest BCUT2D eigenvalue weighted by Crippen LogP contribution is 2.12. The van der Waals surface area contributed by atoms with Gasteiger partial charge < -0.3 is 25.0 Å². The van der Waals surface area contributed by atoms with E-state index in [1.54, 1.807) is 7.05 Å². The maximum absolute atomic E-state index is 5.71. The third kappa shape index (κ3) is 7.32. The van der Waals surface area contributed by atoms with E-state index in [1.165, 1.54) is 11.3 Å². The van der Waals surface area contributed by atoms with Crippen LogP contribution in [0.2, 0.25) is 0 Å². The molecule has 2 rings (SSSR count). The Morgan fingerprint density at radius 1 is 1.28 bits per heavy atom. The number of rotatable bonds is 9. The summed E-state index contributed by atoms with van der Waals surface area (Å²) in [5, 5.41) is 6.66. The molecule has 0 amide bonds. The van der Waals surface area contributed by atoms with Gasteiger partial charge in [-0.25, -0.2) is 0 Å². The summed E-state index contributed by atoms with van der Waals surface area (Å²) >= 11 is 0. The van der Waals surface area contributed by atoms with Gasteiger partial charge in [0.2, 0.25) is 0 Å². The van der Waals surface area contributed by atoms with Gasteiger partial charge in [-0.1, -0.05) is 12.1 Å². The molecule has 1 saturated heterocycles. The Balaban J connectivity index is 1.57. The molecule has 0 saturated carbocycles. The monoisotopic (exact) mass is 348 g/mol. The predicted octanol–water partition coefficient (Wildman–Crippen LogP) is 1.86. The molecule has 2 N–H and O–H groups in total. The van der Waals surface area contributed by atoms with E-state index >= 15 is 0 Å². The zero-order valence-electron chi connectivity index (χ0n) is 15.8. The molecule has 0 spiro atoms. The Bertz CT molecular complexity index is 511. The fourth-order valence-electron chi connectivity index (χ4n) is 2.66. The summed E-state index contributed by atoms with van der Waals surface area (Å²) in [5.74, 6) is 1.40. The molecule has 1 unspecified atom stereocenters. The van der Waals surface area contributed by atoms with Crippen LogP contribution in [0.15, 0.2) is 29.3 Å². The third-order valence-corrected chi connectivity index (χ3v) is 4.27. The highest BCUT2D eigenvalue weighted by atomic mass is 16.5. The molecule has 0 aliphatic carbocycles. The van der Waals surface area contributed by atoms with E-state index in [-0.39, 0.29) is 0 Å². The van der Waals surface area contributed by atoms with Crippen LogP contribution in [0.5, 0.6) is 0 Å². The smallest absolute Gasteiger partial charge is 0.191 e. The summed E-state index contributed by atoms with van der Waals surface area (Å²) in [6.07, 6.45) is 2.09. The van der Waals surface area contributed by atoms with Crippen molar-refractivity contribution in [3.63, 3.8) is 0 Å². The predicted molar refractivity (Wildman–Crippen MR) is 103 cm³/mol. The second-order valence-electron chi connectivity index (χ2n) is 6.57. The zero-order valence-corrected chi connectivity index (χ0v) is 15.8. The van der Waals surface area contributed by atoms with Crippen molar-refractivity contribution in [1.82, 2.24) is 10.6 Å². The molecule has 25 heavy (non-hydrogen) atoms. The van der Waals surface area contributed by atoms with E-state index in [1.807, 2.05) is 14.1 Å². The lowest BCUT2D eigenvalue weighted by molar-refractivity contribution is 0.0888. The summed E-state index contributed by atoms with van der Waals surface area (Å²) in [4.78, 5) is 6.36. The quantitative estimate of drug-likeness (QED) is 0.405. The van der Waals surface area contributed by atoms with Crippen LogP contribution in [0.3, 0.4) is 0 Å². The lowest BCUT2D eigenvalue weighted by Crippen LogP contribution is -2.37. The lowest BCUT2D eigenvalue weighted by atomic mass is 10.1. The summed E-state index contributed by atoms with van der Waals surface area (Å²) in [6, 6.07) is 8.52. The number of hydrogen-bond acceptors (Lipinski definition) is 4. The van der Waals surface area contributed by atoms with Crippen molar-refractivity contribution >= 4 is 11.6 Å². The first-order valence-corrected chi connectivity index (χ1v) is 9.05. The fourth-order valence-corrected chi connectivity index (χ4v) is 2.66. The summed E-state index contributed by atoms with van der Waals surface area (Å²) in [6.45, 7) is 4.92. The molecule has 1 aromatic rings. The molecule has 0 bridgehead atoms. The first kappa shape index (κ1) is 19.5. The van der Waals surface area contributed by atoms with Gasteiger partial charge in [0.05, 0.1) is 13.2 Å². The highest BCUT2D eigenvalue weighted by Gasteiger charge is 2.15. The summed E-state index contributed by atoms with van der Waals surface area (Å²) in [5.41, 5.74) is 2.44. The standard InChI is InChI=1S/C19H32N4O2/c1-20-19(21-10-4-11-24-14-17-9-12-25-15-17)22-13-16-5-7-18(8-6-16)23(2)3/h5-8,17H,4,9-15H2,1-3H3,(H2,20,21,22). The van der Waals surface area contributed by atoms with Crippen molar-refractivity contribution in [2.24, 2.45) is 10.9 Å². The van der Waals surface area contributed by atoms with Gasteiger partial charge in [-0.15, -0.1) is 0 Å². The minimum absolute atomic E-state index is 0.585. The fraction of sp³-hybridized carbons (Fsp3) is 0.632. The third-order valence-electron chi connectivity index (χ3n) is 4.27. The van der Waals surface area contributed by atoms with Crippen molar-refractivity contribution in [1.29, 1.82) is 0 Å². The van der Waals surface area contributed by atoms with Crippen LogP contribution in [-0.4, -0.2) is 60.1 Å². The van der Waals surface area contributed by atoms with Gasteiger partial charge >= 0.3 is 0 Å². The molecular weight excluding hydrogens is 316 g/mol. The molecule has 1 fully saturated rings. The number of nitrogens with zero attached hydrogens (tertiary/aromatic N) is 2. The van der Waals surface area contributed by atoms with Gasteiger partial charge in [0.1, 0.15) is 0 Å². The second-order valence-corrected chi connectivity index (χ2v) is 6.57. The number of guanidine groups is 1. The first-order chi connectivity index (χ1) is 12.2. The van der Waals surface area contributed by atoms with Gasteiger partial charge in [-0.2, -0.15) is 0 Å². The molecule has 6 heteroatoms. The van der Waals surface area contributed by atoms with Gasteiger partial charge in [0, 0.05) is 59.1 Å². The Morgan fingerprint density at radius 3 is 2.72 bits per heavy atom. The lowest BCUT2D eigenvalue weighted by Gasteiger charge is -2.14. The molecule has 1 atom stereocenters. The topological polar surface area (TPSA) is 58.1 Å². The average Bonchev–Trinajstić information content (AvgIpc) is 3.14. The largest absolute Gasteiger partial charge is 0.381 e. The zero-order chi connectivity index (χ0) is 17.9. The number of anilines is 1. The van der Waals surface area contributed by atoms with Crippen molar-refractivity contribution < 1.29 is 9.47 Å². The minimum atomic E-state index is 0.585. The van der Waals surface area contributed by atoms with E-state index in [2.05, 4.69) is 44.8 Å². The van der Waals surface area contributed by atoms with Gasteiger partial charge in [0.25, 0.3) is 0 Å². The van der Waals surface area contributed by atoms with Crippen LogP contribution >= 0.6 is 0 Å². The number of nitrogens with one attached hydrogen (secondary N) is 2. The van der Waals surface area contributed by atoms with Crippen molar-refractivity contribution in [2.45, 2.75) is 19.4 Å². The van der Waals surface area contributed by atoms with Crippen LogP contribution < -0.4 is 15.5 Å². The van der Waals surface area contributed by atoms with Crippen LogP contribution in [-0.2, 0) is 16.0 Å². The van der Waals surface area contributed by atoms with Crippen molar-refractivity contribution in [3.05, 3.63) is 29.8 Å². The van der Waals surface area contributed by atoms with Gasteiger partial charge in [-0.05, 0) is 30.5 Å². The maximum atomic E-state index is 5.71. The van der Waals surface area contributed by atoms with E-state index in [9.17, 15) is 0 Å². The Kier molecular flexibility index (Phi) is 8.55. The Morgan fingerprint density at radius 2 is 2.08 bits per heavy atom. The molecule has 1 aromatic carbocycles. The Hall–Kier alpha value is -1.79. The number of hydrogen-bond donors (Lipinski definition) is 2. The number of ether oxygens (including phenoxy) is 2. The first-order valence-electron chi connectivity index (χ1n) is 9.05. The van der Waals surface area contributed by atoms with E-state index < -0.39 is 0 Å². The minimum Gasteiger partial charge on any atom is -0.381 e. The van der Waals surface area contributed by atoms with Crippen LogP contribution in [0.1, 0.15) is 18.4 Å². The molecule has 1 aliphatic rings. The Labute approximate surface area is 151 Å². The number of aliphatic imine (C=N–C) groups is 1. The van der Waals surface area contributed by atoms with Gasteiger partial charge in [-0.3, -0.25) is 4.99 Å². The molecule has 140 valence electrons.